The van der Waals surface area contributed by atoms with Crippen LogP contribution in [-0.4, -0.2) is 93.8 Å². The summed E-state index contributed by atoms with van der Waals surface area (Å²) in [6.07, 6.45) is -8.19. The summed E-state index contributed by atoms with van der Waals surface area (Å²) in [5, 5.41) is 41.0. The van der Waals surface area contributed by atoms with Gasteiger partial charge in [-0.25, -0.2) is 8.78 Å². The number of carbonyl (C=O) groups is 3. The summed E-state index contributed by atoms with van der Waals surface area (Å²) in [4.78, 5) is 33.9. The number of hydrogen-bond donors (Lipinski definition) is 7. The smallest absolute Gasteiger partial charge is 0.325 e. The van der Waals surface area contributed by atoms with E-state index in [9.17, 15) is 33.4 Å². The molecule has 0 aromatic carbocycles. The Balaban J connectivity index is 2.57. The Labute approximate surface area is 158 Å². The summed E-state index contributed by atoms with van der Waals surface area (Å²) in [6, 6.07) is -2.94. The molecule has 0 aliphatic carbocycles. The second-order valence-corrected chi connectivity index (χ2v) is 6.56. The number of ether oxygens (including phenoxy) is 1. The van der Waals surface area contributed by atoms with Crippen molar-refractivity contribution in [3.05, 3.63) is 0 Å². The van der Waals surface area contributed by atoms with E-state index < -0.39 is 86.2 Å². The van der Waals surface area contributed by atoms with Gasteiger partial charge in [0.1, 0.15) is 24.4 Å². The molecule has 0 aromatic heterocycles. The van der Waals surface area contributed by atoms with E-state index in [0.717, 1.165) is 0 Å². The van der Waals surface area contributed by atoms with Gasteiger partial charge < -0.3 is 41.5 Å². The van der Waals surface area contributed by atoms with Crippen LogP contribution < -0.4 is 16.4 Å². The van der Waals surface area contributed by atoms with Crippen molar-refractivity contribution in [1.29, 1.82) is 0 Å². The molecule has 1 aliphatic rings. The number of aliphatic carboxylic acids is 1. The zero-order valence-electron chi connectivity index (χ0n) is 15.0. The molecular weight excluding hydrogens is 388 g/mol. The van der Waals surface area contributed by atoms with Gasteiger partial charge in [-0.2, -0.15) is 0 Å². The van der Waals surface area contributed by atoms with Crippen molar-refractivity contribution >= 4 is 17.8 Å². The molecule has 162 valence electrons. The lowest BCUT2D eigenvalue weighted by atomic mass is 9.92. The molecular formula is C15H25F2N3O8. The van der Waals surface area contributed by atoms with E-state index in [4.69, 9.17) is 20.7 Å². The number of carbonyl (C=O) groups excluding carboxylic acids is 2. The first-order chi connectivity index (χ1) is 12.9. The van der Waals surface area contributed by atoms with Crippen LogP contribution in [0.3, 0.4) is 0 Å². The van der Waals surface area contributed by atoms with E-state index in [2.05, 4.69) is 5.32 Å². The third-order valence-corrected chi connectivity index (χ3v) is 4.22. The highest BCUT2D eigenvalue weighted by Crippen LogP contribution is 2.34. The van der Waals surface area contributed by atoms with Crippen molar-refractivity contribution in [3.63, 3.8) is 0 Å². The Morgan fingerprint density at radius 2 is 1.93 bits per heavy atom. The van der Waals surface area contributed by atoms with Crippen LogP contribution >= 0.6 is 0 Å². The molecule has 1 heterocycles. The van der Waals surface area contributed by atoms with Crippen molar-refractivity contribution < 1.29 is 48.3 Å². The van der Waals surface area contributed by atoms with Gasteiger partial charge in [0.15, 0.2) is 0 Å². The Kier molecular flexibility index (Phi) is 8.63. The average Bonchev–Trinajstić information content (AvgIpc) is 2.60. The third kappa shape index (κ3) is 6.60. The zero-order chi connectivity index (χ0) is 21.6. The molecule has 0 aromatic rings. The van der Waals surface area contributed by atoms with Crippen molar-refractivity contribution in [2.45, 2.75) is 62.2 Å². The number of rotatable bonds is 9. The highest BCUT2D eigenvalue weighted by atomic mass is 19.3. The largest absolute Gasteiger partial charge is 0.480 e. The quantitative estimate of drug-likeness (QED) is 0.205. The van der Waals surface area contributed by atoms with Gasteiger partial charge in [-0.1, -0.05) is 0 Å². The molecule has 1 aliphatic heterocycles. The highest BCUT2D eigenvalue weighted by Gasteiger charge is 2.49. The molecule has 0 radical (unpaired) electrons. The average molecular weight is 413 g/mol. The molecule has 6 atom stereocenters. The van der Waals surface area contributed by atoms with Gasteiger partial charge in [-0.05, 0) is 6.92 Å². The number of aliphatic hydroxyl groups excluding tert-OH is 3. The molecule has 1 fully saturated rings. The van der Waals surface area contributed by atoms with Crippen molar-refractivity contribution in [2.75, 3.05) is 13.2 Å². The maximum atomic E-state index is 14.4. The van der Waals surface area contributed by atoms with Gasteiger partial charge in [-0.15, -0.1) is 0 Å². The summed E-state index contributed by atoms with van der Waals surface area (Å²) < 4.78 is 33.7. The first-order valence-electron chi connectivity index (χ1n) is 8.44. The predicted octanol–water partition coefficient (Wildman–Crippen LogP) is -3.08. The maximum Gasteiger partial charge on any atom is 0.325 e. The van der Waals surface area contributed by atoms with Crippen LogP contribution in [0.5, 0.6) is 0 Å². The molecule has 8 N–H and O–H groups in total. The van der Waals surface area contributed by atoms with E-state index in [1.165, 1.54) is 6.92 Å². The molecule has 1 rings (SSSR count). The van der Waals surface area contributed by atoms with Crippen LogP contribution in [-0.2, 0) is 19.1 Å². The number of hydrogen-bond acceptors (Lipinski definition) is 8. The van der Waals surface area contributed by atoms with Crippen molar-refractivity contribution in [2.24, 2.45) is 5.73 Å². The Bertz CT molecular complexity index is 579. The minimum atomic E-state index is -3.68. The van der Waals surface area contributed by atoms with Gasteiger partial charge in [-0.3, -0.25) is 14.4 Å². The summed E-state index contributed by atoms with van der Waals surface area (Å²) in [5.41, 5.74) is 5.44. The number of alkyl halides is 2. The van der Waals surface area contributed by atoms with Gasteiger partial charge in [0.25, 0.3) is 5.92 Å². The Hall–Kier alpha value is -1.93. The van der Waals surface area contributed by atoms with Gasteiger partial charge >= 0.3 is 5.97 Å². The van der Waals surface area contributed by atoms with E-state index in [-0.39, 0.29) is 0 Å². The van der Waals surface area contributed by atoms with Crippen LogP contribution in [0.2, 0.25) is 0 Å². The molecule has 4 unspecified atom stereocenters. The lowest BCUT2D eigenvalue weighted by Crippen LogP contribution is -2.56. The number of nitrogens with one attached hydrogen (secondary N) is 2. The minimum Gasteiger partial charge on any atom is -0.480 e. The number of halogens is 2. The fraction of sp³-hybridized carbons (Fsp3) is 0.800. The molecule has 0 bridgehead atoms. The summed E-state index contributed by atoms with van der Waals surface area (Å²) >= 11 is 0. The standard InChI is InChI=1S/C15H25F2N3O8/c1-6(14(26)27)20-11(23)4-19-13(25)7(18)3-15(16,17)10-2-8(22)12(24)9(5-21)28-10/h6-10,12,21-22,24H,2-5,18H2,1H3,(H,19,25)(H,20,23)(H,26,27)/t6?,7-,8?,9?,10?,12-/m1/s1. The number of amides is 2. The Morgan fingerprint density at radius 3 is 2.46 bits per heavy atom. The predicted molar refractivity (Wildman–Crippen MR) is 88.2 cm³/mol. The lowest BCUT2D eigenvalue weighted by Gasteiger charge is -2.40. The first kappa shape index (κ1) is 24.1. The topological polar surface area (TPSA) is 191 Å². The van der Waals surface area contributed by atoms with E-state index in [0.29, 0.717) is 0 Å². The van der Waals surface area contributed by atoms with E-state index >= 15 is 0 Å². The number of aliphatic hydroxyl groups is 3. The van der Waals surface area contributed by atoms with Crippen molar-refractivity contribution in [1.82, 2.24) is 10.6 Å². The first-order valence-corrected chi connectivity index (χ1v) is 8.44. The normalized spacial score (nSPS) is 27.5. The minimum absolute atomic E-state index is 0.630. The van der Waals surface area contributed by atoms with Crippen LogP contribution in [0.15, 0.2) is 0 Å². The fourth-order valence-corrected chi connectivity index (χ4v) is 2.55. The lowest BCUT2D eigenvalue weighted by molar-refractivity contribution is -0.240. The molecule has 28 heavy (non-hydrogen) atoms. The van der Waals surface area contributed by atoms with Gasteiger partial charge in [0.05, 0.1) is 25.3 Å². The monoisotopic (exact) mass is 413 g/mol. The van der Waals surface area contributed by atoms with Crippen LogP contribution in [0.4, 0.5) is 8.78 Å². The van der Waals surface area contributed by atoms with Gasteiger partial charge in [0.2, 0.25) is 11.8 Å². The highest BCUT2D eigenvalue weighted by molar-refractivity contribution is 5.89. The van der Waals surface area contributed by atoms with Crippen LogP contribution in [0.25, 0.3) is 0 Å². The van der Waals surface area contributed by atoms with Crippen molar-refractivity contribution in [3.8, 4) is 0 Å². The number of carboxylic acids is 1. The molecule has 11 nitrogen and oxygen atoms in total. The fourth-order valence-electron chi connectivity index (χ4n) is 2.55. The summed E-state index contributed by atoms with van der Waals surface area (Å²) in [6.45, 7) is -0.252. The molecule has 0 saturated carbocycles. The third-order valence-electron chi connectivity index (χ3n) is 4.22. The molecule has 1 saturated heterocycles. The molecule has 0 spiro atoms. The molecule has 2 amide bonds. The molecule has 13 heteroatoms. The van der Waals surface area contributed by atoms with E-state index in [1.54, 1.807) is 0 Å². The number of nitrogens with two attached hydrogens (primary N) is 1. The number of carboxylic acid groups (broad SMARTS) is 1. The maximum absolute atomic E-state index is 14.4. The summed E-state index contributed by atoms with van der Waals surface area (Å²) in [5.74, 6) is -6.89. The summed E-state index contributed by atoms with van der Waals surface area (Å²) in [7, 11) is 0. The van der Waals surface area contributed by atoms with Crippen LogP contribution in [0, 0.1) is 0 Å². The second-order valence-electron chi connectivity index (χ2n) is 6.56. The Morgan fingerprint density at radius 1 is 1.32 bits per heavy atom. The van der Waals surface area contributed by atoms with E-state index in [1.807, 2.05) is 5.32 Å². The SMILES string of the molecule is CC(NC(=O)CNC(=O)[C@H](N)CC(F)(F)C1CC(O)[C@@H](O)C(CO)O1)C(=O)O. The van der Waals surface area contributed by atoms with Crippen LogP contribution in [0.1, 0.15) is 19.8 Å². The zero-order valence-corrected chi connectivity index (χ0v) is 15.0. The van der Waals surface area contributed by atoms with Gasteiger partial charge in [0, 0.05) is 12.8 Å². The second kappa shape index (κ2) is 10.0.